The van der Waals surface area contributed by atoms with Crippen molar-refractivity contribution in [1.82, 2.24) is 0 Å². The van der Waals surface area contributed by atoms with Crippen LogP contribution in [0.25, 0.3) is 0 Å². The van der Waals surface area contributed by atoms with E-state index in [0.29, 0.717) is 30.3 Å². The average Bonchev–Trinajstić information content (AvgIpc) is 2.26. The Morgan fingerprint density at radius 3 is 2.47 bits per heavy atom. The van der Waals surface area contributed by atoms with Crippen molar-refractivity contribution in [2.45, 2.75) is 11.3 Å². The second-order valence-corrected chi connectivity index (χ2v) is 5.70. The van der Waals surface area contributed by atoms with Gasteiger partial charge in [0.25, 0.3) is 0 Å². The molecule has 0 bridgehead atoms. The molecule has 3 rings (SSSR count). The molecule has 2 aliphatic rings. The van der Waals surface area contributed by atoms with Crippen molar-refractivity contribution in [2.75, 3.05) is 13.2 Å². The summed E-state index contributed by atoms with van der Waals surface area (Å²) >= 11 is 0. The van der Waals surface area contributed by atoms with Crippen LogP contribution in [-0.2, 0) is 16.3 Å². The van der Waals surface area contributed by atoms with E-state index in [-0.39, 0.29) is 17.1 Å². The first-order chi connectivity index (χ1) is 8.06. The molecule has 0 radical (unpaired) electrons. The van der Waals surface area contributed by atoms with Crippen molar-refractivity contribution in [3.63, 3.8) is 0 Å². The Kier molecular flexibility index (Phi) is 2.09. The van der Waals surface area contributed by atoms with E-state index in [9.17, 15) is 13.5 Å². The van der Waals surface area contributed by atoms with Gasteiger partial charge in [-0.25, -0.2) is 8.42 Å². The Morgan fingerprint density at radius 2 is 1.76 bits per heavy atom. The third-order valence-electron chi connectivity index (χ3n) is 2.69. The number of fused-ring (bicyclic) bond motifs is 2. The number of ether oxygens (including phenoxy) is 2. The van der Waals surface area contributed by atoms with Gasteiger partial charge in [0.2, 0.25) is 9.84 Å². The van der Waals surface area contributed by atoms with Gasteiger partial charge in [0, 0.05) is 12.5 Å². The van der Waals surface area contributed by atoms with Crippen molar-refractivity contribution < 1.29 is 23.0 Å². The molecular formula is C11H10O5S. The van der Waals surface area contributed by atoms with Crippen molar-refractivity contribution in [1.29, 1.82) is 0 Å². The van der Waals surface area contributed by atoms with E-state index in [0.717, 1.165) is 5.41 Å². The highest BCUT2D eigenvalue weighted by molar-refractivity contribution is 7.94. The van der Waals surface area contributed by atoms with Gasteiger partial charge in [0.05, 0.1) is 10.3 Å². The van der Waals surface area contributed by atoms with Crippen LogP contribution in [0.15, 0.2) is 28.2 Å². The fraction of sp³-hybridized carbons (Fsp3) is 0.273. The molecule has 1 aromatic carbocycles. The molecule has 0 saturated heterocycles. The van der Waals surface area contributed by atoms with Gasteiger partial charge in [-0.05, 0) is 11.6 Å². The van der Waals surface area contributed by atoms with Gasteiger partial charge in [0.1, 0.15) is 19.0 Å². The van der Waals surface area contributed by atoms with Gasteiger partial charge in [-0.2, -0.15) is 0 Å². The normalized spacial score (nSPS) is 20.4. The number of allylic oxidation sites excluding steroid dienone is 1. The number of rotatable bonds is 0. The number of aliphatic hydroxyl groups is 1. The predicted octanol–water partition coefficient (Wildman–Crippen LogP) is 1.19. The fourth-order valence-corrected chi connectivity index (χ4v) is 3.33. The van der Waals surface area contributed by atoms with Crippen LogP contribution < -0.4 is 9.47 Å². The van der Waals surface area contributed by atoms with Gasteiger partial charge in [-0.1, -0.05) is 0 Å². The van der Waals surface area contributed by atoms with Crippen molar-refractivity contribution in [3.8, 4) is 11.5 Å². The molecule has 2 heterocycles. The summed E-state index contributed by atoms with van der Waals surface area (Å²) in [6.07, 6.45) is 0.200. The summed E-state index contributed by atoms with van der Waals surface area (Å²) in [5.74, 6) is 0.808. The monoisotopic (exact) mass is 254 g/mol. The van der Waals surface area contributed by atoms with E-state index in [1.54, 1.807) is 6.07 Å². The highest BCUT2D eigenvalue weighted by atomic mass is 32.2. The van der Waals surface area contributed by atoms with E-state index in [1.165, 1.54) is 6.07 Å². The molecule has 17 heavy (non-hydrogen) atoms. The van der Waals surface area contributed by atoms with Gasteiger partial charge >= 0.3 is 0 Å². The molecule has 1 N–H and O–H groups in total. The number of aliphatic hydroxyl groups excluding tert-OH is 1. The summed E-state index contributed by atoms with van der Waals surface area (Å²) in [5.41, 5.74) is 0.536. The van der Waals surface area contributed by atoms with Gasteiger partial charge in [0.15, 0.2) is 11.5 Å². The standard InChI is InChI=1S/C11H10O5S/c12-8-3-7-4-9-10(16-2-1-15-9)5-11(7)17(13,14)6-8/h4-6,12H,1-3H2. The number of benzene rings is 1. The number of hydrogen-bond acceptors (Lipinski definition) is 5. The first kappa shape index (κ1) is 10.5. The van der Waals surface area contributed by atoms with Crippen LogP contribution in [0.2, 0.25) is 0 Å². The molecular weight excluding hydrogens is 244 g/mol. The second-order valence-electron chi connectivity index (χ2n) is 3.93. The second kappa shape index (κ2) is 3.40. The molecule has 0 aromatic heterocycles. The van der Waals surface area contributed by atoms with Crippen molar-refractivity contribution >= 4 is 9.84 Å². The maximum absolute atomic E-state index is 11.8. The molecule has 90 valence electrons. The van der Waals surface area contributed by atoms with E-state index in [2.05, 4.69) is 0 Å². The quantitative estimate of drug-likeness (QED) is 0.752. The van der Waals surface area contributed by atoms with Crippen LogP contribution in [0.4, 0.5) is 0 Å². The summed E-state index contributed by atoms with van der Waals surface area (Å²) in [7, 11) is -3.57. The SMILES string of the molecule is O=S1(=O)C=C(O)Cc2cc3c(cc21)OCCO3. The highest BCUT2D eigenvalue weighted by Crippen LogP contribution is 2.38. The van der Waals surface area contributed by atoms with Crippen LogP contribution in [0.5, 0.6) is 11.5 Å². The minimum Gasteiger partial charge on any atom is -0.511 e. The molecule has 0 spiro atoms. The summed E-state index contributed by atoms with van der Waals surface area (Å²) < 4.78 is 34.4. The van der Waals surface area contributed by atoms with Crippen LogP contribution in [0, 0.1) is 0 Å². The van der Waals surface area contributed by atoms with Crippen molar-refractivity contribution in [3.05, 3.63) is 28.9 Å². The zero-order valence-corrected chi connectivity index (χ0v) is 9.66. The predicted molar refractivity (Wildman–Crippen MR) is 59.0 cm³/mol. The Balaban J connectivity index is 2.22. The topological polar surface area (TPSA) is 72.8 Å². The Hall–Kier alpha value is -1.69. The zero-order chi connectivity index (χ0) is 12.0. The highest BCUT2D eigenvalue weighted by Gasteiger charge is 2.27. The number of hydrogen-bond donors (Lipinski definition) is 1. The summed E-state index contributed by atoms with van der Waals surface area (Å²) in [6, 6.07) is 3.08. The third kappa shape index (κ3) is 1.64. The van der Waals surface area contributed by atoms with Crippen LogP contribution in [0.3, 0.4) is 0 Å². The third-order valence-corrected chi connectivity index (χ3v) is 4.27. The van der Waals surface area contributed by atoms with Crippen LogP contribution in [-0.4, -0.2) is 26.7 Å². The minimum absolute atomic E-state index is 0.158. The Bertz CT molecular complexity index is 615. The molecule has 0 unspecified atom stereocenters. The van der Waals surface area contributed by atoms with Crippen molar-refractivity contribution in [2.24, 2.45) is 0 Å². The lowest BCUT2D eigenvalue weighted by molar-refractivity contribution is 0.170. The van der Waals surface area contributed by atoms with Gasteiger partial charge < -0.3 is 14.6 Å². The molecule has 0 atom stereocenters. The van der Waals surface area contributed by atoms with E-state index in [1.807, 2.05) is 0 Å². The molecule has 2 aliphatic heterocycles. The first-order valence-electron chi connectivity index (χ1n) is 5.13. The molecule has 6 heteroatoms. The van der Waals surface area contributed by atoms with E-state index >= 15 is 0 Å². The molecule has 0 aliphatic carbocycles. The molecule has 5 nitrogen and oxygen atoms in total. The van der Waals surface area contributed by atoms with E-state index < -0.39 is 9.84 Å². The summed E-state index contributed by atoms with van der Waals surface area (Å²) in [5, 5.41) is 10.3. The minimum atomic E-state index is -3.57. The molecule has 1 aromatic rings. The van der Waals surface area contributed by atoms with E-state index in [4.69, 9.17) is 9.47 Å². The Morgan fingerprint density at radius 1 is 1.12 bits per heavy atom. The maximum atomic E-state index is 11.8. The Labute approximate surface area is 98.2 Å². The molecule has 0 saturated carbocycles. The molecule has 0 amide bonds. The average molecular weight is 254 g/mol. The largest absolute Gasteiger partial charge is 0.511 e. The molecule has 0 fully saturated rings. The lowest BCUT2D eigenvalue weighted by atomic mass is 10.1. The van der Waals surface area contributed by atoms with Gasteiger partial charge in [-0.3, -0.25) is 0 Å². The van der Waals surface area contributed by atoms with Gasteiger partial charge in [-0.15, -0.1) is 0 Å². The maximum Gasteiger partial charge on any atom is 0.203 e. The summed E-state index contributed by atoms with van der Waals surface area (Å²) in [6.45, 7) is 0.854. The smallest absolute Gasteiger partial charge is 0.203 e. The van der Waals surface area contributed by atoms with Crippen LogP contribution in [0.1, 0.15) is 5.56 Å². The zero-order valence-electron chi connectivity index (χ0n) is 8.84. The lowest BCUT2D eigenvalue weighted by Gasteiger charge is -2.22. The first-order valence-corrected chi connectivity index (χ1v) is 6.68. The fourth-order valence-electron chi connectivity index (χ4n) is 1.99. The van der Waals surface area contributed by atoms with Crippen LogP contribution >= 0.6 is 0 Å². The number of sulfone groups is 1. The summed E-state index contributed by atoms with van der Waals surface area (Å²) in [4.78, 5) is 0.180. The lowest BCUT2D eigenvalue weighted by Crippen LogP contribution is -2.18.